The average molecular weight is 405 g/mol. The van der Waals surface area contributed by atoms with Crippen LogP contribution in [0.5, 0.6) is 5.75 Å². The maximum atomic E-state index is 12.8. The predicted molar refractivity (Wildman–Crippen MR) is 110 cm³/mol. The quantitative estimate of drug-likeness (QED) is 0.835. The molecule has 0 unspecified atom stereocenters. The summed E-state index contributed by atoms with van der Waals surface area (Å²) in [5, 5.41) is 2.72. The second-order valence-electron chi connectivity index (χ2n) is 8.54. The van der Waals surface area contributed by atoms with Gasteiger partial charge in [-0.3, -0.25) is 9.59 Å². The van der Waals surface area contributed by atoms with Crippen molar-refractivity contribution in [3.05, 3.63) is 23.8 Å². The Balaban J connectivity index is 2.35. The Hall–Kier alpha value is -2.77. The molecule has 1 N–H and O–H groups in total. The van der Waals surface area contributed by atoms with Gasteiger partial charge in [0, 0.05) is 33.5 Å². The molecule has 1 aliphatic heterocycles. The Morgan fingerprint density at radius 1 is 1.34 bits per heavy atom. The van der Waals surface area contributed by atoms with Crippen molar-refractivity contribution in [2.24, 2.45) is 5.92 Å². The fourth-order valence-electron chi connectivity index (χ4n) is 3.13. The second kappa shape index (κ2) is 8.71. The third-order valence-corrected chi connectivity index (χ3v) is 4.53. The number of hydrogen-bond acceptors (Lipinski definition) is 5. The summed E-state index contributed by atoms with van der Waals surface area (Å²) in [6.07, 6.45) is -0.855. The third kappa shape index (κ3) is 5.85. The first-order chi connectivity index (χ1) is 13.4. The van der Waals surface area contributed by atoms with E-state index in [1.165, 1.54) is 11.8 Å². The van der Waals surface area contributed by atoms with Gasteiger partial charge in [-0.15, -0.1) is 0 Å². The molecule has 0 saturated carbocycles. The molecule has 0 bridgehead atoms. The Morgan fingerprint density at radius 3 is 2.59 bits per heavy atom. The topological polar surface area (TPSA) is 88.2 Å². The summed E-state index contributed by atoms with van der Waals surface area (Å²) in [5.41, 5.74) is 0.197. The number of carbonyl (C=O) groups excluding carboxylic acids is 3. The number of para-hydroxylation sites is 1. The lowest BCUT2D eigenvalue weighted by molar-refractivity contribution is -0.114. The molecule has 0 aromatic heterocycles. The van der Waals surface area contributed by atoms with Crippen LogP contribution < -0.4 is 10.1 Å². The van der Waals surface area contributed by atoms with Gasteiger partial charge in [0.25, 0.3) is 5.91 Å². The van der Waals surface area contributed by atoms with E-state index in [0.29, 0.717) is 23.5 Å². The summed E-state index contributed by atoms with van der Waals surface area (Å²) in [5.74, 6) is -0.195. The molecule has 8 heteroatoms. The fraction of sp³-hybridized carbons (Fsp3) is 0.571. The lowest BCUT2D eigenvalue weighted by atomic mass is 10.0. The van der Waals surface area contributed by atoms with E-state index in [1.54, 1.807) is 37.2 Å². The highest BCUT2D eigenvalue weighted by atomic mass is 16.6. The minimum Gasteiger partial charge on any atom is -0.485 e. The van der Waals surface area contributed by atoms with Gasteiger partial charge in [0.05, 0.1) is 17.8 Å². The van der Waals surface area contributed by atoms with Gasteiger partial charge in [-0.2, -0.15) is 0 Å². The second-order valence-corrected chi connectivity index (χ2v) is 8.54. The van der Waals surface area contributed by atoms with Crippen LogP contribution in [0.2, 0.25) is 0 Å². The molecule has 2 atom stereocenters. The first kappa shape index (κ1) is 22.5. The Kier molecular flexibility index (Phi) is 6.77. The molecule has 0 saturated heterocycles. The predicted octanol–water partition coefficient (Wildman–Crippen LogP) is 2.98. The van der Waals surface area contributed by atoms with E-state index < -0.39 is 17.8 Å². The highest BCUT2D eigenvalue weighted by Gasteiger charge is 2.32. The minimum absolute atomic E-state index is 0.0626. The molecule has 29 heavy (non-hydrogen) atoms. The van der Waals surface area contributed by atoms with Crippen molar-refractivity contribution in [3.8, 4) is 5.75 Å². The van der Waals surface area contributed by atoms with E-state index in [2.05, 4.69) is 5.32 Å². The van der Waals surface area contributed by atoms with Gasteiger partial charge in [0.2, 0.25) is 5.91 Å². The van der Waals surface area contributed by atoms with Crippen LogP contribution in [0.3, 0.4) is 0 Å². The maximum Gasteiger partial charge on any atom is 0.410 e. The molecule has 1 aromatic carbocycles. The molecule has 0 aliphatic carbocycles. The number of fused-ring (bicyclic) bond motifs is 1. The summed E-state index contributed by atoms with van der Waals surface area (Å²) in [6.45, 7) is 9.52. The normalized spacial score (nSPS) is 19.4. The van der Waals surface area contributed by atoms with Gasteiger partial charge >= 0.3 is 6.09 Å². The van der Waals surface area contributed by atoms with Gasteiger partial charge in [-0.05, 0) is 32.9 Å². The van der Waals surface area contributed by atoms with Gasteiger partial charge in [-0.1, -0.05) is 13.0 Å². The molecule has 0 spiro atoms. The summed E-state index contributed by atoms with van der Waals surface area (Å²) in [7, 11) is 3.38. The van der Waals surface area contributed by atoms with Crippen LogP contribution in [-0.2, 0) is 9.53 Å². The third-order valence-electron chi connectivity index (χ3n) is 4.53. The van der Waals surface area contributed by atoms with Gasteiger partial charge in [-0.25, -0.2) is 4.79 Å². The largest absolute Gasteiger partial charge is 0.485 e. The SMILES string of the molecule is CC(=O)Nc1cccc2c1O[C@H](CN(C)C(=O)OC(C)(C)C)[C@@H](C)CN(C)C2=O. The number of benzene rings is 1. The van der Waals surface area contributed by atoms with Crippen LogP contribution in [0.25, 0.3) is 0 Å². The van der Waals surface area contributed by atoms with Crippen molar-refractivity contribution in [1.29, 1.82) is 0 Å². The fourth-order valence-corrected chi connectivity index (χ4v) is 3.13. The number of ether oxygens (including phenoxy) is 2. The monoisotopic (exact) mass is 405 g/mol. The van der Waals surface area contributed by atoms with E-state index >= 15 is 0 Å². The lowest BCUT2D eigenvalue weighted by Crippen LogP contribution is -2.47. The van der Waals surface area contributed by atoms with Crippen LogP contribution in [0.1, 0.15) is 45.0 Å². The van der Waals surface area contributed by atoms with E-state index in [0.717, 1.165) is 0 Å². The van der Waals surface area contributed by atoms with Crippen LogP contribution in [0.4, 0.5) is 10.5 Å². The van der Waals surface area contributed by atoms with Crippen LogP contribution in [0, 0.1) is 5.92 Å². The van der Waals surface area contributed by atoms with Gasteiger partial charge in [0.15, 0.2) is 5.75 Å². The van der Waals surface area contributed by atoms with Crippen molar-refractivity contribution in [2.75, 3.05) is 32.5 Å². The number of hydrogen-bond donors (Lipinski definition) is 1. The number of nitrogens with one attached hydrogen (secondary N) is 1. The molecule has 0 fully saturated rings. The summed E-state index contributed by atoms with van der Waals surface area (Å²) >= 11 is 0. The first-order valence-corrected chi connectivity index (χ1v) is 9.66. The average Bonchev–Trinajstić information content (AvgIpc) is 2.58. The van der Waals surface area contributed by atoms with Crippen LogP contribution in [0.15, 0.2) is 18.2 Å². The van der Waals surface area contributed by atoms with Crippen LogP contribution in [-0.4, -0.2) is 66.6 Å². The zero-order valence-corrected chi connectivity index (χ0v) is 18.2. The number of carbonyl (C=O) groups is 3. The van der Waals surface area contributed by atoms with E-state index in [4.69, 9.17) is 9.47 Å². The van der Waals surface area contributed by atoms with E-state index in [1.807, 2.05) is 27.7 Å². The smallest absolute Gasteiger partial charge is 0.410 e. The van der Waals surface area contributed by atoms with Crippen molar-refractivity contribution in [3.63, 3.8) is 0 Å². The molecule has 1 heterocycles. The number of anilines is 1. The summed E-state index contributed by atoms with van der Waals surface area (Å²) < 4.78 is 11.7. The Bertz CT molecular complexity index is 787. The first-order valence-electron chi connectivity index (χ1n) is 9.66. The highest BCUT2D eigenvalue weighted by Crippen LogP contribution is 2.34. The number of amides is 3. The molecule has 0 radical (unpaired) electrons. The van der Waals surface area contributed by atoms with Crippen molar-refractivity contribution in [1.82, 2.24) is 9.80 Å². The zero-order valence-electron chi connectivity index (χ0n) is 18.2. The van der Waals surface area contributed by atoms with Gasteiger partial charge in [0.1, 0.15) is 11.7 Å². The maximum absolute atomic E-state index is 12.8. The molecule has 1 aliphatic rings. The van der Waals surface area contributed by atoms with Crippen molar-refractivity contribution < 1.29 is 23.9 Å². The summed E-state index contributed by atoms with van der Waals surface area (Å²) in [4.78, 5) is 39.9. The Morgan fingerprint density at radius 2 is 2.00 bits per heavy atom. The molecule has 3 amide bonds. The number of rotatable bonds is 3. The molecule has 2 rings (SSSR count). The van der Waals surface area contributed by atoms with Crippen LogP contribution >= 0.6 is 0 Å². The lowest BCUT2D eigenvalue weighted by Gasteiger charge is -2.35. The summed E-state index contributed by atoms with van der Waals surface area (Å²) in [6, 6.07) is 5.06. The molecule has 1 aromatic rings. The highest BCUT2D eigenvalue weighted by molar-refractivity contribution is 6.01. The zero-order chi connectivity index (χ0) is 21.9. The molecule has 8 nitrogen and oxygen atoms in total. The Labute approximate surface area is 172 Å². The van der Waals surface area contributed by atoms with Gasteiger partial charge < -0.3 is 24.6 Å². The molecule has 160 valence electrons. The van der Waals surface area contributed by atoms with E-state index in [9.17, 15) is 14.4 Å². The standard InChI is InChI=1S/C21H31N3O5/c1-13-11-23(6)19(26)15-9-8-10-16(22-14(2)25)18(15)28-17(13)12-24(7)20(27)29-21(3,4)5/h8-10,13,17H,11-12H2,1-7H3,(H,22,25)/t13-,17+/m0/s1. The minimum atomic E-state index is -0.601. The molecular formula is C21H31N3O5. The van der Waals surface area contributed by atoms with E-state index in [-0.39, 0.29) is 24.3 Å². The molecular weight excluding hydrogens is 374 g/mol. The number of nitrogens with zero attached hydrogens (tertiary/aromatic N) is 2. The van der Waals surface area contributed by atoms with Crippen molar-refractivity contribution >= 4 is 23.6 Å². The number of likely N-dealkylation sites (N-methyl/N-ethyl adjacent to an activating group) is 1. The van der Waals surface area contributed by atoms with Crippen molar-refractivity contribution in [2.45, 2.75) is 46.3 Å².